The van der Waals surface area contributed by atoms with Gasteiger partial charge in [-0.15, -0.1) is 0 Å². The maximum atomic E-state index is 12.9. The fourth-order valence-corrected chi connectivity index (χ4v) is 2.54. The highest BCUT2D eigenvalue weighted by Gasteiger charge is 2.17. The zero-order chi connectivity index (χ0) is 17.4. The van der Waals surface area contributed by atoms with Crippen LogP contribution in [0.3, 0.4) is 0 Å². The van der Waals surface area contributed by atoms with Crippen molar-refractivity contribution in [1.29, 1.82) is 0 Å². The number of aryl methyl sites for hydroxylation is 1. The number of amides is 1. The van der Waals surface area contributed by atoms with Gasteiger partial charge in [0, 0.05) is 11.6 Å². The first-order valence-electron chi connectivity index (χ1n) is 8.03. The van der Waals surface area contributed by atoms with E-state index in [0.29, 0.717) is 18.7 Å². The molecule has 0 aliphatic carbocycles. The fourth-order valence-electron chi connectivity index (χ4n) is 2.31. The molecule has 0 bridgehead atoms. The van der Waals surface area contributed by atoms with E-state index in [-0.39, 0.29) is 11.7 Å². The molecule has 24 heavy (non-hydrogen) atoms. The van der Waals surface area contributed by atoms with Gasteiger partial charge >= 0.3 is 0 Å². The number of carbonyl (C=O) groups is 1. The Morgan fingerprint density at radius 2 is 1.92 bits per heavy atom. The maximum Gasteiger partial charge on any atom is 0.261 e. The van der Waals surface area contributed by atoms with Crippen molar-refractivity contribution in [2.45, 2.75) is 32.3 Å². The van der Waals surface area contributed by atoms with E-state index >= 15 is 0 Å². The van der Waals surface area contributed by atoms with Gasteiger partial charge in [-0.3, -0.25) is 4.79 Å². The van der Waals surface area contributed by atoms with E-state index in [0.717, 1.165) is 23.4 Å². The van der Waals surface area contributed by atoms with Crippen molar-refractivity contribution < 1.29 is 13.9 Å². The smallest absolute Gasteiger partial charge is 0.261 e. The molecule has 0 unspecified atom stereocenters. The first-order valence-corrected chi connectivity index (χ1v) is 8.41. The predicted octanol–water partition coefficient (Wildman–Crippen LogP) is 4.39. The molecule has 0 saturated carbocycles. The Bertz CT molecular complexity index is 661. The minimum Gasteiger partial charge on any atom is -0.481 e. The molecule has 1 atom stereocenters. The molecule has 1 amide bonds. The maximum absolute atomic E-state index is 12.9. The minimum atomic E-state index is -0.587. The fraction of sp³-hybridized carbons (Fsp3) is 0.316. The van der Waals surface area contributed by atoms with E-state index in [9.17, 15) is 9.18 Å². The molecule has 0 spiro atoms. The summed E-state index contributed by atoms with van der Waals surface area (Å²) in [6.45, 7) is 2.42. The van der Waals surface area contributed by atoms with Gasteiger partial charge in [0.1, 0.15) is 11.6 Å². The zero-order valence-electron chi connectivity index (χ0n) is 13.6. The van der Waals surface area contributed by atoms with Crippen molar-refractivity contribution in [3.63, 3.8) is 0 Å². The monoisotopic (exact) mass is 349 g/mol. The second-order valence-electron chi connectivity index (χ2n) is 5.45. The normalized spacial score (nSPS) is 11.8. The summed E-state index contributed by atoms with van der Waals surface area (Å²) < 4.78 is 18.5. The Morgan fingerprint density at radius 1 is 1.21 bits per heavy atom. The molecule has 0 fully saturated rings. The van der Waals surface area contributed by atoms with Crippen LogP contribution in [-0.2, 0) is 11.2 Å². The highest BCUT2D eigenvalue weighted by Crippen LogP contribution is 2.16. The first-order chi connectivity index (χ1) is 11.6. The third-order valence-electron chi connectivity index (χ3n) is 3.64. The Labute approximate surface area is 146 Å². The highest BCUT2D eigenvalue weighted by molar-refractivity contribution is 6.31. The van der Waals surface area contributed by atoms with Crippen molar-refractivity contribution in [2.24, 2.45) is 0 Å². The second kappa shape index (κ2) is 9.28. The van der Waals surface area contributed by atoms with Crippen molar-refractivity contribution in [3.05, 3.63) is 64.9 Å². The molecule has 2 aromatic carbocycles. The molecule has 0 radical (unpaired) electrons. The summed E-state index contributed by atoms with van der Waals surface area (Å²) in [7, 11) is 0. The van der Waals surface area contributed by atoms with Gasteiger partial charge in [-0.05, 0) is 55.2 Å². The summed E-state index contributed by atoms with van der Waals surface area (Å²) in [6.07, 6.45) is 1.54. The average Bonchev–Trinajstić information content (AvgIpc) is 2.59. The molecule has 0 heterocycles. The van der Waals surface area contributed by atoms with E-state index in [2.05, 4.69) is 5.32 Å². The van der Waals surface area contributed by atoms with Gasteiger partial charge in [-0.1, -0.05) is 36.7 Å². The van der Waals surface area contributed by atoms with Crippen LogP contribution in [0, 0.1) is 5.82 Å². The molecular formula is C19H21ClFNO2. The van der Waals surface area contributed by atoms with Crippen LogP contribution in [0.15, 0.2) is 48.5 Å². The molecule has 0 aromatic heterocycles. The SMILES string of the molecule is CC[C@@H](Oc1ccc(F)cc1)C(=O)NCCCc1ccccc1Cl. The topological polar surface area (TPSA) is 38.3 Å². The van der Waals surface area contributed by atoms with E-state index in [1.54, 1.807) is 0 Å². The number of ether oxygens (including phenoxy) is 1. The quantitative estimate of drug-likeness (QED) is 0.718. The van der Waals surface area contributed by atoms with Crippen LogP contribution in [0.1, 0.15) is 25.3 Å². The summed E-state index contributed by atoms with van der Waals surface area (Å²) in [4.78, 5) is 12.2. The number of rotatable bonds is 8. The number of benzene rings is 2. The molecule has 2 aromatic rings. The summed E-state index contributed by atoms with van der Waals surface area (Å²) in [5.41, 5.74) is 1.07. The molecule has 128 valence electrons. The predicted molar refractivity (Wildman–Crippen MR) is 93.9 cm³/mol. The van der Waals surface area contributed by atoms with Gasteiger partial charge in [-0.25, -0.2) is 4.39 Å². The zero-order valence-corrected chi connectivity index (χ0v) is 14.4. The summed E-state index contributed by atoms with van der Waals surface area (Å²) >= 11 is 6.11. The van der Waals surface area contributed by atoms with Crippen molar-refractivity contribution >= 4 is 17.5 Å². The molecular weight excluding hydrogens is 329 g/mol. The van der Waals surface area contributed by atoms with Gasteiger partial charge in [0.25, 0.3) is 5.91 Å². The van der Waals surface area contributed by atoms with Crippen LogP contribution in [0.25, 0.3) is 0 Å². The van der Waals surface area contributed by atoms with Crippen LogP contribution in [0.2, 0.25) is 5.02 Å². The number of hydrogen-bond acceptors (Lipinski definition) is 2. The summed E-state index contributed by atoms with van der Waals surface area (Å²) in [5.74, 6) is -0.0186. The lowest BCUT2D eigenvalue weighted by atomic mass is 10.1. The molecule has 1 N–H and O–H groups in total. The van der Waals surface area contributed by atoms with E-state index in [1.807, 2.05) is 31.2 Å². The van der Waals surface area contributed by atoms with Crippen LogP contribution in [0.4, 0.5) is 4.39 Å². The summed E-state index contributed by atoms with van der Waals surface area (Å²) in [5, 5.41) is 3.62. The second-order valence-corrected chi connectivity index (χ2v) is 5.86. The lowest BCUT2D eigenvalue weighted by Crippen LogP contribution is -2.38. The van der Waals surface area contributed by atoms with Gasteiger partial charge in [0.05, 0.1) is 0 Å². The van der Waals surface area contributed by atoms with Crippen molar-refractivity contribution in [1.82, 2.24) is 5.32 Å². The average molecular weight is 350 g/mol. The van der Waals surface area contributed by atoms with Gasteiger partial charge in [0.2, 0.25) is 0 Å². The Hall–Kier alpha value is -2.07. The molecule has 0 aliphatic rings. The lowest BCUT2D eigenvalue weighted by Gasteiger charge is -2.17. The van der Waals surface area contributed by atoms with E-state index in [4.69, 9.17) is 16.3 Å². The minimum absolute atomic E-state index is 0.166. The number of nitrogens with one attached hydrogen (secondary N) is 1. The number of hydrogen-bond donors (Lipinski definition) is 1. The van der Waals surface area contributed by atoms with Crippen LogP contribution >= 0.6 is 11.6 Å². The molecule has 3 nitrogen and oxygen atoms in total. The molecule has 0 aliphatic heterocycles. The van der Waals surface area contributed by atoms with Crippen molar-refractivity contribution in [3.8, 4) is 5.75 Å². The van der Waals surface area contributed by atoms with Gasteiger partial charge in [0.15, 0.2) is 6.10 Å². The standard InChI is InChI=1S/C19H21ClFNO2/c1-2-18(24-16-11-9-15(21)10-12-16)19(23)22-13-5-7-14-6-3-4-8-17(14)20/h3-4,6,8-12,18H,2,5,7,13H2,1H3,(H,22,23)/t18-/m1/s1. The summed E-state index contributed by atoms with van der Waals surface area (Å²) in [6, 6.07) is 13.3. The Kier molecular flexibility index (Phi) is 7.07. The van der Waals surface area contributed by atoms with Gasteiger partial charge in [-0.2, -0.15) is 0 Å². The van der Waals surface area contributed by atoms with Crippen LogP contribution < -0.4 is 10.1 Å². The van der Waals surface area contributed by atoms with Crippen molar-refractivity contribution in [2.75, 3.05) is 6.54 Å². The Balaban J connectivity index is 1.77. The lowest BCUT2D eigenvalue weighted by molar-refractivity contribution is -0.128. The number of halogens is 2. The number of carbonyl (C=O) groups excluding carboxylic acids is 1. The van der Waals surface area contributed by atoms with Crippen LogP contribution in [-0.4, -0.2) is 18.6 Å². The largest absolute Gasteiger partial charge is 0.481 e. The molecule has 0 saturated heterocycles. The molecule has 2 rings (SSSR count). The molecule has 5 heteroatoms. The third-order valence-corrected chi connectivity index (χ3v) is 4.00. The highest BCUT2D eigenvalue weighted by atomic mass is 35.5. The van der Waals surface area contributed by atoms with Gasteiger partial charge < -0.3 is 10.1 Å². The third kappa shape index (κ3) is 5.53. The Morgan fingerprint density at radius 3 is 2.58 bits per heavy atom. The van der Waals surface area contributed by atoms with E-state index in [1.165, 1.54) is 24.3 Å². The van der Waals surface area contributed by atoms with Crippen LogP contribution in [0.5, 0.6) is 5.75 Å². The first kappa shape index (κ1) is 18.3. The van der Waals surface area contributed by atoms with E-state index < -0.39 is 6.10 Å².